The van der Waals surface area contributed by atoms with Crippen LogP contribution < -0.4 is 5.32 Å². The Bertz CT molecular complexity index is 1190. The summed E-state index contributed by atoms with van der Waals surface area (Å²) in [5, 5.41) is 7.91. The monoisotopic (exact) mass is 397 g/mol. The highest BCUT2D eigenvalue weighted by Crippen LogP contribution is 2.30. The van der Waals surface area contributed by atoms with E-state index in [2.05, 4.69) is 32.3 Å². The lowest BCUT2D eigenvalue weighted by Crippen LogP contribution is -2.34. The Kier molecular flexibility index (Phi) is 4.18. The molecule has 29 heavy (non-hydrogen) atoms. The summed E-state index contributed by atoms with van der Waals surface area (Å²) in [5.74, 6) is 1.88. The molecule has 150 valence electrons. The number of halogens is 2. The maximum absolute atomic E-state index is 13.0. The van der Waals surface area contributed by atoms with Crippen molar-refractivity contribution in [1.82, 2.24) is 29.1 Å². The molecule has 1 saturated carbocycles. The molecular formula is C20H21F2N7. The van der Waals surface area contributed by atoms with Gasteiger partial charge in [-0.15, -0.1) is 5.10 Å². The van der Waals surface area contributed by atoms with Crippen molar-refractivity contribution >= 4 is 22.6 Å². The Morgan fingerprint density at radius 3 is 2.79 bits per heavy atom. The van der Waals surface area contributed by atoms with Gasteiger partial charge in [-0.25, -0.2) is 28.2 Å². The van der Waals surface area contributed by atoms with E-state index in [9.17, 15) is 8.78 Å². The largest absolute Gasteiger partial charge is 0.350 e. The van der Waals surface area contributed by atoms with Crippen molar-refractivity contribution in [2.24, 2.45) is 5.92 Å². The van der Waals surface area contributed by atoms with Crippen molar-refractivity contribution in [1.29, 1.82) is 0 Å². The molecule has 1 fully saturated rings. The molecule has 7 nitrogen and oxygen atoms in total. The minimum absolute atomic E-state index is 0.401. The maximum Gasteiger partial charge on any atom is 0.256 e. The summed E-state index contributed by atoms with van der Waals surface area (Å²) in [6.07, 6.45) is 5.17. The van der Waals surface area contributed by atoms with Crippen molar-refractivity contribution in [2.45, 2.75) is 45.7 Å². The van der Waals surface area contributed by atoms with Crippen molar-refractivity contribution in [2.75, 3.05) is 5.32 Å². The quantitative estimate of drug-likeness (QED) is 0.553. The number of aryl methyl sites for hydroxylation is 1. The molecule has 1 aliphatic rings. The summed E-state index contributed by atoms with van der Waals surface area (Å²) in [6, 6.07) is 4.22. The van der Waals surface area contributed by atoms with Gasteiger partial charge in [0.2, 0.25) is 5.95 Å². The Hall–Kier alpha value is -3.10. The first-order valence-corrected chi connectivity index (χ1v) is 9.70. The van der Waals surface area contributed by atoms with Gasteiger partial charge in [0, 0.05) is 29.6 Å². The van der Waals surface area contributed by atoms with Gasteiger partial charge >= 0.3 is 0 Å². The zero-order valence-corrected chi connectivity index (χ0v) is 16.2. The number of anilines is 1. The molecule has 1 aliphatic carbocycles. The standard InChI is InChI=1S/C20H21F2N7/c1-11-5-14(6-11)26-20-24-9-17-15(3-4-29(17)27-20)13-7-16-19(23-8-13)25-12(2)28(16)10-18(21)22/h3-4,7-9,11,14,18H,5-6,10H2,1-2H3,(H,26,27). The number of rotatable bonds is 5. The molecular weight excluding hydrogens is 376 g/mol. The van der Waals surface area contributed by atoms with Gasteiger partial charge in [-0.3, -0.25) is 0 Å². The van der Waals surface area contributed by atoms with E-state index >= 15 is 0 Å². The summed E-state index contributed by atoms with van der Waals surface area (Å²) in [7, 11) is 0. The highest BCUT2D eigenvalue weighted by Gasteiger charge is 2.25. The molecule has 0 amide bonds. The van der Waals surface area contributed by atoms with Crippen LogP contribution in [-0.2, 0) is 6.54 Å². The highest BCUT2D eigenvalue weighted by molar-refractivity contribution is 5.85. The summed E-state index contributed by atoms with van der Waals surface area (Å²) in [5.41, 5.74) is 3.60. The van der Waals surface area contributed by atoms with E-state index in [0.29, 0.717) is 29.0 Å². The number of alkyl halides is 2. The van der Waals surface area contributed by atoms with Gasteiger partial charge in [-0.05, 0) is 37.8 Å². The molecule has 0 aliphatic heterocycles. The lowest BCUT2D eigenvalue weighted by Gasteiger charge is -2.33. The molecule has 4 aromatic heterocycles. The molecule has 4 aromatic rings. The number of hydrogen-bond acceptors (Lipinski definition) is 5. The van der Waals surface area contributed by atoms with Gasteiger partial charge in [0.15, 0.2) is 5.65 Å². The summed E-state index contributed by atoms with van der Waals surface area (Å²) < 4.78 is 29.2. The van der Waals surface area contributed by atoms with E-state index < -0.39 is 13.0 Å². The predicted octanol–water partition coefficient (Wildman–Crippen LogP) is 3.92. The van der Waals surface area contributed by atoms with Crippen LogP contribution >= 0.6 is 0 Å². The van der Waals surface area contributed by atoms with E-state index in [-0.39, 0.29) is 0 Å². The topological polar surface area (TPSA) is 72.9 Å². The average molecular weight is 397 g/mol. The van der Waals surface area contributed by atoms with Crippen LogP contribution in [0, 0.1) is 12.8 Å². The number of nitrogens with one attached hydrogen (secondary N) is 1. The van der Waals surface area contributed by atoms with Gasteiger partial charge in [-0.1, -0.05) is 6.92 Å². The molecule has 0 atom stereocenters. The number of pyridine rings is 1. The zero-order valence-electron chi connectivity index (χ0n) is 16.2. The molecule has 4 heterocycles. The molecule has 5 rings (SSSR count). The molecule has 0 unspecified atom stereocenters. The Balaban J connectivity index is 1.50. The van der Waals surface area contributed by atoms with Gasteiger partial charge in [0.1, 0.15) is 5.82 Å². The van der Waals surface area contributed by atoms with E-state index in [1.165, 1.54) is 4.57 Å². The van der Waals surface area contributed by atoms with Crippen LogP contribution in [0.3, 0.4) is 0 Å². The Morgan fingerprint density at radius 1 is 1.21 bits per heavy atom. The van der Waals surface area contributed by atoms with E-state index in [1.54, 1.807) is 23.8 Å². The van der Waals surface area contributed by atoms with Crippen LogP contribution in [0.4, 0.5) is 14.7 Å². The van der Waals surface area contributed by atoms with Gasteiger partial charge in [-0.2, -0.15) is 0 Å². The first kappa shape index (κ1) is 18.0. The molecule has 9 heteroatoms. The van der Waals surface area contributed by atoms with Crippen molar-refractivity contribution in [3.05, 3.63) is 36.5 Å². The molecule has 0 radical (unpaired) electrons. The molecule has 0 spiro atoms. The Labute approximate surface area is 165 Å². The van der Waals surface area contributed by atoms with Crippen LogP contribution in [0.2, 0.25) is 0 Å². The van der Waals surface area contributed by atoms with Crippen LogP contribution in [-0.4, -0.2) is 41.6 Å². The van der Waals surface area contributed by atoms with E-state index in [4.69, 9.17) is 0 Å². The van der Waals surface area contributed by atoms with Crippen LogP contribution in [0.1, 0.15) is 25.6 Å². The predicted molar refractivity (Wildman–Crippen MR) is 106 cm³/mol. The molecule has 0 aromatic carbocycles. The number of aromatic nitrogens is 6. The lowest BCUT2D eigenvalue weighted by molar-refractivity contribution is 0.127. The second-order valence-corrected chi connectivity index (χ2v) is 7.79. The van der Waals surface area contributed by atoms with Gasteiger partial charge in [0.25, 0.3) is 6.43 Å². The van der Waals surface area contributed by atoms with Gasteiger partial charge < -0.3 is 9.88 Å². The second kappa shape index (κ2) is 6.75. The fraction of sp³-hybridized carbons (Fsp3) is 0.400. The summed E-state index contributed by atoms with van der Waals surface area (Å²) >= 11 is 0. The van der Waals surface area contributed by atoms with Crippen LogP contribution in [0.25, 0.3) is 27.8 Å². The van der Waals surface area contributed by atoms with Crippen LogP contribution in [0.15, 0.2) is 30.7 Å². The number of fused-ring (bicyclic) bond motifs is 2. The minimum Gasteiger partial charge on any atom is -0.350 e. The average Bonchev–Trinajstić information content (AvgIpc) is 3.21. The van der Waals surface area contributed by atoms with Crippen LogP contribution in [0.5, 0.6) is 0 Å². The zero-order chi connectivity index (χ0) is 20.1. The van der Waals surface area contributed by atoms with Crippen molar-refractivity contribution in [3.63, 3.8) is 0 Å². The first-order chi connectivity index (χ1) is 14.0. The minimum atomic E-state index is -2.46. The highest BCUT2D eigenvalue weighted by atomic mass is 19.3. The van der Waals surface area contributed by atoms with E-state index in [1.807, 2.05) is 18.3 Å². The van der Waals surface area contributed by atoms with Crippen molar-refractivity contribution in [3.8, 4) is 11.1 Å². The van der Waals surface area contributed by atoms with Crippen molar-refractivity contribution < 1.29 is 8.78 Å². The third-order valence-corrected chi connectivity index (χ3v) is 5.55. The first-order valence-electron chi connectivity index (χ1n) is 9.70. The molecule has 0 bridgehead atoms. The SMILES string of the molecule is Cc1nc2ncc(-c3ccn4nc(NC5CC(C)C5)ncc34)cc2n1CC(F)F. The smallest absolute Gasteiger partial charge is 0.256 e. The number of hydrogen-bond donors (Lipinski definition) is 1. The fourth-order valence-corrected chi connectivity index (χ4v) is 4.05. The number of nitrogens with zero attached hydrogens (tertiary/aromatic N) is 6. The summed E-state index contributed by atoms with van der Waals surface area (Å²) in [6.45, 7) is 3.55. The molecule has 0 saturated heterocycles. The third kappa shape index (κ3) is 3.20. The van der Waals surface area contributed by atoms with Gasteiger partial charge in [0.05, 0.1) is 23.8 Å². The fourth-order valence-electron chi connectivity index (χ4n) is 4.05. The number of imidazole rings is 1. The summed E-state index contributed by atoms with van der Waals surface area (Å²) in [4.78, 5) is 13.1. The van der Waals surface area contributed by atoms with E-state index in [0.717, 1.165) is 35.4 Å². The maximum atomic E-state index is 13.0. The third-order valence-electron chi connectivity index (χ3n) is 5.55. The second-order valence-electron chi connectivity index (χ2n) is 7.79. The normalized spacial score (nSPS) is 19.2. The Morgan fingerprint density at radius 2 is 2.03 bits per heavy atom. The molecule has 1 N–H and O–H groups in total. The lowest BCUT2D eigenvalue weighted by atomic mass is 9.82.